The summed E-state index contributed by atoms with van der Waals surface area (Å²) in [7, 11) is 3.86. The molecule has 0 aliphatic carbocycles. The SMILES string of the molecule is Cc1cc(O)cc(C)c1C[C@H](N)C(=O)N[C@@H]1CSSC[C@@H](C(N)=O)NC(=O)[C@H](Cc2ccccc2)N(C)C(=O)CNC1=O. The number of nitrogens with two attached hydrogens (primary N) is 2. The minimum absolute atomic E-state index is 0.0896. The number of aromatic hydroxyl groups is 1. The van der Waals surface area contributed by atoms with Gasteiger partial charge in [-0.2, -0.15) is 0 Å². The van der Waals surface area contributed by atoms with Crippen LogP contribution in [0, 0.1) is 13.8 Å². The first-order chi connectivity index (χ1) is 20.4. The molecule has 43 heavy (non-hydrogen) atoms. The zero-order chi connectivity index (χ0) is 31.7. The predicted molar refractivity (Wildman–Crippen MR) is 167 cm³/mol. The van der Waals surface area contributed by atoms with Crippen molar-refractivity contribution in [2.75, 3.05) is 25.1 Å². The number of phenols is 1. The number of benzene rings is 2. The number of carbonyl (C=O) groups is 5. The third kappa shape index (κ3) is 9.63. The second-order valence-corrected chi connectivity index (χ2v) is 12.9. The zero-order valence-electron chi connectivity index (χ0n) is 24.3. The number of phenolic OH excluding ortho intramolecular Hbond substituents is 1. The summed E-state index contributed by atoms with van der Waals surface area (Å²) in [5.41, 5.74) is 15.0. The summed E-state index contributed by atoms with van der Waals surface area (Å²) in [4.78, 5) is 66.0. The topological polar surface area (TPSA) is 197 Å². The molecule has 1 aliphatic rings. The van der Waals surface area contributed by atoms with E-state index >= 15 is 0 Å². The largest absolute Gasteiger partial charge is 0.508 e. The van der Waals surface area contributed by atoms with Gasteiger partial charge >= 0.3 is 0 Å². The van der Waals surface area contributed by atoms with Gasteiger partial charge in [0.15, 0.2) is 0 Å². The summed E-state index contributed by atoms with van der Waals surface area (Å²) in [6, 6.07) is 8.24. The second-order valence-electron chi connectivity index (χ2n) is 10.4. The molecule has 8 N–H and O–H groups in total. The van der Waals surface area contributed by atoms with Gasteiger partial charge < -0.3 is 37.4 Å². The average molecular weight is 631 g/mol. The number of hydrogen-bond acceptors (Lipinski definition) is 9. The van der Waals surface area contributed by atoms with Gasteiger partial charge in [0, 0.05) is 25.0 Å². The number of likely N-dealkylation sites (N-methyl/N-ethyl adjacent to an activating group) is 1. The van der Waals surface area contributed by atoms with Crippen LogP contribution < -0.4 is 27.4 Å². The molecule has 14 heteroatoms. The van der Waals surface area contributed by atoms with Crippen LogP contribution in [0.25, 0.3) is 0 Å². The Hall–Kier alpha value is -3.75. The van der Waals surface area contributed by atoms with Crippen molar-refractivity contribution in [3.05, 3.63) is 64.7 Å². The van der Waals surface area contributed by atoms with Crippen molar-refractivity contribution in [1.29, 1.82) is 0 Å². The van der Waals surface area contributed by atoms with E-state index in [1.165, 1.54) is 33.5 Å². The van der Waals surface area contributed by atoms with Gasteiger partial charge in [-0.1, -0.05) is 51.9 Å². The molecule has 5 amide bonds. The fourth-order valence-electron chi connectivity index (χ4n) is 4.59. The summed E-state index contributed by atoms with van der Waals surface area (Å²) in [6.45, 7) is 3.20. The minimum Gasteiger partial charge on any atom is -0.508 e. The molecule has 12 nitrogen and oxygen atoms in total. The standard InChI is InChI=1S/C29H38N6O6S2/c1-16-9-19(36)10-17(2)20(16)12-21(30)27(39)34-23-15-43-42-14-22(26(31)38)33-29(41)24(11-18-7-5-4-6-8-18)35(3)25(37)13-32-28(23)40/h4-10,21-24,36H,11-15,30H2,1-3H3,(H2,31,38)(H,32,40)(H,33,41)(H,34,39)/t21-,22-,23+,24-/m0/s1. The fourth-order valence-corrected chi connectivity index (χ4v) is 6.93. The van der Waals surface area contributed by atoms with E-state index in [9.17, 15) is 29.1 Å². The van der Waals surface area contributed by atoms with E-state index in [4.69, 9.17) is 11.5 Å². The third-order valence-electron chi connectivity index (χ3n) is 7.14. The van der Waals surface area contributed by atoms with E-state index in [2.05, 4.69) is 16.0 Å². The smallest absolute Gasteiger partial charge is 0.243 e. The molecular formula is C29H38N6O6S2. The van der Waals surface area contributed by atoms with Gasteiger partial charge in [0.1, 0.15) is 23.9 Å². The molecule has 4 atom stereocenters. The van der Waals surface area contributed by atoms with Crippen LogP contribution in [-0.4, -0.2) is 88.8 Å². The maximum atomic E-state index is 13.3. The van der Waals surface area contributed by atoms with Crippen LogP contribution in [0.2, 0.25) is 0 Å². The van der Waals surface area contributed by atoms with Crippen LogP contribution in [-0.2, 0) is 36.8 Å². The number of nitrogens with zero attached hydrogens (tertiary/aromatic N) is 1. The number of hydrogen-bond donors (Lipinski definition) is 6. The van der Waals surface area contributed by atoms with Crippen molar-refractivity contribution in [3.8, 4) is 5.75 Å². The third-order valence-corrected chi connectivity index (χ3v) is 9.56. The van der Waals surface area contributed by atoms with Crippen LogP contribution in [0.1, 0.15) is 22.3 Å². The lowest BCUT2D eigenvalue weighted by Gasteiger charge is -2.30. The number of rotatable bonds is 7. The fraction of sp³-hybridized carbons (Fsp3) is 0.414. The van der Waals surface area contributed by atoms with Crippen molar-refractivity contribution in [2.24, 2.45) is 11.5 Å². The zero-order valence-corrected chi connectivity index (χ0v) is 25.9. The lowest BCUT2D eigenvalue weighted by molar-refractivity contribution is -0.140. The normalized spacial score (nSPS) is 21.3. The predicted octanol–water partition coefficient (Wildman–Crippen LogP) is -0.0854. The van der Waals surface area contributed by atoms with Crippen LogP contribution in [0.15, 0.2) is 42.5 Å². The molecule has 2 aromatic rings. The Labute approximate surface area is 258 Å². The van der Waals surface area contributed by atoms with Crippen LogP contribution in [0.4, 0.5) is 0 Å². The van der Waals surface area contributed by atoms with Gasteiger partial charge in [0.05, 0.1) is 12.6 Å². The summed E-state index contributed by atoms with van der Waals surface area (Å²) < 4.78 is 0. The molecule has 0 radical (unpaired) electrons. The molecule has 0 spiro atoms. The number of carbonyl (C=O) groups excluding carboxylic acids is 5. The molecule has 0 bridgehead atoms. The molecule has 1 saturated heterocycles. The second kappa shape index (κ2) is 15.6. The van der Waals surface area contributed by atoms with Crippen molar-refractivity contribution in [3.63, 3.8) is 0 Å². The average Bonchev–Trinajstić information content (AvgIpc) is 2.96. The van der Waals surface area contributed by atoms with Crippen molar-refractivity contribution < 1.29 is 29.1 Å². The molecule has 1 aliphatic heterocycles. The minimum atomic E-state index is -1.04. The number of aryl methyl sites for hydroxylation is 2. The molecule has 3 rings (SSSR count). The van der Waals surface area contributed by atoms with Crippen LogP contribution in [0.3, 0.4) is 0 Å². The van der Waals surface area contributed by atoms with Crippen molar-refractivity contribution in [2.45, 2.75) is 50.9 Å². The number of nitrogens with one attached hydrogen (secondary N) is 3. The maximum absolute atomic E-state index is 13.3. The molecular weight excluding hydrogens is 592 g/mol. The van der Waals surface area contributed by atoms with Crippen LogP contribution >= 0.6 is 21.6 Å². The summed E-state index contributed by atoms with van der Waals surface area (Å²) in [5, 5.41) is 17.7. The lowest BCUT2D eigenvalue weighted by atomic mass is 9.96. The Morgan fingerprint density at radius 3 is 2.33 bits per heavy atom. The Kier molecular flexibility index (Phi) is 12.3. The van der Waals surface area contributed by atoms with Gasteiger partial charge in [-0.25, -0.2) is 0 Å². The molecule has 0 saturated carbocycles. The van der Waals surface area contributed by atoms with E-state index in [1.807, 2.05) is 44.2 Å². The highest BCUT2D eigenvalue weighted by Gasteiger charge is 2.32. The highest BCUT2D eigenvalue weighted by Crippen LogP contribution is 2.24. The van der Waals surface area contributed by atoms with E-state index in [-0.39, 0.29) is 30.1 Å². The maximum Gasteiger partial charge on any atom is 0.243 e. The highest BCUT2D eigenvalue weighted by molar-refractivity contribution is 8.76. The summed E-state index contributed by atoms with van der Waals surface area (Å²) in [6.07, 6.45) is 0.360. The molecule has 2 aromatic carbocycles. The van der Waals surface area contributed by atoms with Crippen molar-refractivity contribution in [1.82, 2.24) is 20.9 Å². The van der Waals surface area contributed by atoms with E-state index in [0.29, 0.717) is 0 Å². The molecule has 1 heterocycles. The van der Waals surface area contributed by atoms with Gasteiger partial charge in [-0.05, 0) is 54.7 Å². The van der Waals surface area contributed by atoms with Gasteiger partial charge in [-0.3, -0.25) is 24.0 Å². The van der Waals surface area contributed by atoms with E-state index in [0.717, 1.165) is 22.3 Å². The lowest BCUT2D eigenvalue weighted by Crippen LogP contribution is -2.57. The first-order valence-electron chi connectivity index (χ1n) is 13.6. The monoisotopic (exact) mass is 630 g/mol. The number of amides is 5. The Morgan fingerprint density at radius 1 is 1.07 bits per heavy atom. The summed E-state index contributed by atoms with van der Waals surface area (Å²) >= 11 is 0. The van der Waals surface area contributed by atoms with Gasteiger partial charge in [0.25, 0.3) is 0 Å². The first kappa shape index (κ1) is 33.7. The molecule has 1 fully saturated rings. The number of primary amides is 1. The Bertz CT molecular complexity index is 1320. The molecule has 0 aromatic heterocycles. The van der Waals surface area contributed by atoms with Crippen LogP contribution in [0.5, 0.6) is 5.75 Å². The van der Waals surface area contributed by atoms with E-state index in [1.54, 1.807) is 12.1 Å². The summed E-state index contributed by atoms with van der Waals surface area (Å²) in [5.74, 6) is -2.68. The Morgan fingerprint density at radius 2 is 1.70 bits per heavy atom. The van der Waals surface area contributed by atoms with Crippen molar-refractivity contribution >= 4 is 51.1 Å². The molecule has 0 unspecified atom stereocenters. The Balaban J connectivity index is 1.77. The first-order valence-corrected chi connectivity index (χ1v) is 16.1. The highest BCUT2D eigenvalue weighted by atomic mass is 33.1. The van der Waals surface area contributed by atoms with Gasteiger partial charge in [0.2, 0.25) is 29.5 Å². The van der Waals surface area contributed by atoms with Gasteiger partial charge in [-0.15, -0.1) is 0 Å². The molecule has 232 valence electrons. The van der Waals surface area contributed by atoms with E-state index < -0.39 is 60.2 Å². The quantitative estimate of drug-likeness (QED) is 0.227.